The third kappa shape index (κ3) is 4.92. The number of carbonyl (C=O) groups is 1. The second-order valence-electron chi connectivity index (χ2n) is 8.13. The molecule has 0 spiro atoms. The number of nitrogens with zero attached hydrogens (tertiary/aromatic N) is 3. The topological polar surface area (TPSA) is 84.3 Å². The van der Waals surface area contributed by atoms with E-state index in [9.17, 15) is 13.2 Å². The highest BCUT2D eigenvalue weighted by Gasteiger charge is 2.28. The van der Waals surface area contributed by atoms with Gasteiger partial charge < -0.3 is 9.88 Å². The van der Waals surface area contributed by atoms with Crippen molar-refractivity contribution >= 4 is 15.9 Å². The molecule has 0 bridgehead atoms. The molecule has 8 heteroatoms. The zero-order valence-electron chi connectivity index (χ0n) is 18.2. The van der Waals surface area contributed by atoms with Gasteiger partial charge in [-0.15, -0.1) is 0 Å². The van der Waals surface area contributed by atoms with Crippen LogP contribution < -0.4 is 5.32 Å². The van der Waals surface area contributed by atoms with Gasteiger partial charge in [0.15, 0.2) is 0 Å². The van der Waals surface area contributed by atoms with Gasteiger partial charge in [0.25, 0.3) is 5.91 Å². The Balaban J connectivity index is 1.50. The predicted octanol–water partition coefficient (Wildman–Crippen LogP) is 3.34. The Morgan fingerprint density at radius 1 is 1.06 bits per heavy atom. The number of aromatic nitrogens is 2. The molecule has 0 unspecified atom stereocenters. The highest BCUT2D eigenvalue weighted by molar-refractivity contribution is 7.89. The lowest BCUT2D eigenvalue weighted by molar-refractivity contribution is 0.0950. The van der Waals surface area contributed by atoms with Crippen LogP contribution in [0.2, 0.25) is 0 Å². The van der Waals surface area contributed by atoms with Gasteiger partial charge in [-0.1, -0.05) is 36.8 Å². The highest BCUT2D eigenvalue weighted by Crippen LogP contribution is 2.24. The van der Waals surface area contributed by atoms with Gasteiger partial charge in [0, 0.05) is 44.1 Å². The molecule has 2 aromatic carbocycles. The van der Waals surface area contributed by atoms with Crippen LogP contribution in [-0.2, 0) is 23.1 Å². The maximum Gasteiger partial charge on any atom is 0.251 e. The smallest absolute Gasteiger partial charge is 0.251 e. The van der Waals surface area contributed by atoms with E-state index in [1.165, 1.54) is 10.4 Å². The van der Waals surface area contributed by atoms with Crippen molar-refractivity contribution in [1.82, 2.24) is 19.2 Å². The predicted molar refractivity (Wildman–Crippen MR) is 123 cm³/mol. The molecule has 1 amide bonds. The molecule has 168 valence electrons. The lowest BCUT2D eigenvalue weighted by Crippen LogP contribution is -2.36. The Kier molecular flexibility index (Phi) is 6.72. The van der Waals surface area contributed by atoms with Gasteiger partial charge in [-0.3, -0.25) is 4.79 Å². The summed E-state index contributed by atoms with van der Waals surface area (Å²) >= 11 is 0. The monoisotopic (exact) mass is 452 g/mol. The number of aryl methyl sites for hydroxylation is 1. The summed E-state index contributed by atoms with van der Waals surface area (Å²) in [6, 6.07) is 12.8. The van der Waals surface area contributed by atoms with Crippen molar-refractivity contribution in [2.75, 3.05) is 13.1 Å². The molecule has 4 rings (SSSR count). The molecule has 2 heterocycles. The molecule has 1 fully saturated rings. The lowest BCUT2D eigenvalue weighted by Gasteiger charge is -2.26. The first-order valence-electron chi connectivity index (χ1n) is 10.9. The zero-order valence-corrected chi connectivity index (χ0v) is 19.0. The third-order valence-electron chi connectivity index (χ3n) is 5.85. The number of sulfonamides is 1. The normalized spacial score (nSPS) is 14.9. The minimum Gasteiger partial charge on any atom is -0.348 e. The van der Waals surface area contributed by atoms with Crippen LogP contribution in [0.15, 0.2) is 66.1 Å². The number of amides is 1. The van der Waals surface area contributed by atoms with Gasteiger partial charge in [0.1, 0.15) is 0 Å². The van der Waals surface area contributed by atoms with E-state index >= 15 is 0 Å². The fourth-order valence-electron chi connectivity index (χ4n) is 4.00. The van der Waals surface area contributed by atoms with Crippen molar-refractivity contribution in [3.05, 3.63) is 83.4 Å². The summed E-state index contributed by atoms with van der Waals surface area (Å²) in [5.74, 6) is -0.294. The molecule has 1 N–H and O–H groups in total. The van der Waals surface area contributed by atoms with Crippen LogP contribution in [0.25, 0.3) is 0 Å². The number of benzene rings is 2. The Hall–Kier alpha value is -2.97. The maximum absolute atomic E-state index is 13.1. The SMILES string of the molecule is Cc1ccc(C(=O)NCc2ccccc2Cn2ccnc2)cc1S(=O)(=O)N1CCCCC1. The standard InChI is InChI=1S/C24H28N4O3S/c1-19-9-10-20(15-23(19)32(30,31)28-12-5-2-6-13-28)24(29)26-16-21-7-3-4-8-22(21)17-27-14-11-25-18-27/h3-4,7-11,14-15,18H,2,5-6,12-13,16-17H2,1H3,(H,26,29). The molecule has 1 aliphatic rings. The number of rotatable bonds is 7. The molecule has 3 aromatic rings. The van der Waals surface area contributed by atoms with Crippen molar-refractivity contribution in [2.45, 2.75) is 44.2 Å². The Bertz CT molecular complexity index is 1180. The second-order valence-corrected chi connectivity index (χ2v) is 10.0. The first-order chi connectivity index (χ1) is 15.4. The fourth-order valence-corrected chi connectivity index (χ4v) is 5.77. The quantitative estimate of drug-likeness (QED) is 0.596. The van der Waals surface area contributed by atoms with Crippen LogP contribution in [0, 0.1) is 6.92 Å². The number of hydrogen-bond acceptors (Lipinski definition) is 4. The summed E-state index contributed by atoms with van der Waals surface area (Å²) in [5, 5.41) is 2.94. The van der Waals surface area contributed by atoms with E-state index in [1.54, 1.807) is 31.6 Å². The van der Waals surface area contributed by atoms with Gasteiger partial charge in [-0.05, 0) is 48.6 Å². The summed E-state index contributed by atoms with van der Waals surface area (Å²) in [4.78, 5) is 17.2. The van der Waals surface area contributed by atoms with Crippen molar-refractivity contribution in [1.29, 1.82) is 0 Å². The number of imidazole rings is 1. The number of hydrogen-bond donors (Lipinski definition) is 1. The van der Waals surface area contributed by atoms with E-state index in [4.69, 9.17) is 0 Å². The summed E-state index contributed by atoms with van der Waals surface area (Å²) in [6.45, 7) is 3.85. The average molecular weight is 453 g/mol. The van der Waals surface area contributed by atoms with E-state index in [2.05, 4.69) is 10.3 Å². The average Bonchev–Trinajstić information content (AvgIpc) is 3.32. The summed E-state index contributed by atoms with van der Waals surface area (Å²) in [5.41, 5.74) is 3.09. The molecule has 7 nitrogen and oxygen atoms in total. The first-order valence-corrected chi connectivity index (χ1v) is 12.3. The lowest BCUT2D eigenvalue weighted by atomic mass is 10.1. The highest BCUT2D eigenvalue weighted by atomic mass is 32.2. The van der Waals surface area contributed by atoms with E-state index in [1.807, 2.05) is 35.0 Å². The third-order valence-corrected chi connectivity index (χ3v) is 7.89. The number of nitrogens with one attached hydrogen (secondary N) is 1. The molecular weight excluding hydrogens is 424 g/mol. The zero-order chi connectivity index (χ0) is 22.6. The van der Waals surface area contributed by atoms with Gasteiger partial charge >= 0.3 is 0 Å². The van der Waals surface area contributed by atoms with Crippen molar-refractivity contribution in [3.63, 3.8) is 0 Å². The Morgan fingerprint density at radius 3 is 2.53 bits per heavy atom. The van der Waals surface area contributed by atoms with Crippen LogP contribution in [-0.4, -0.2) is 41.3 Å². The molecule has 0 atom stereocenters. The van der Waals surface area contributed by atoms with Gasteiger partial charge in [-0.2, -0.15) is 4.31 Å². The van der Waals surface area contributed by atoms with E-state index < -0.39 is 10.0 Å². The van der Waals surface area contributed by atoms with Gasteiger partial charge in [0.05, 0.1) is 11.2 Å². The summed E-state index contributed by atoms with van der Waals surface area (Å²) in [6.07, 6.45) is 8.18. The van der Waals surface area contributed by atoms with E-state index in [0.717, 1.165) is 30.4 Å². The van der Waals surface area contributed by atoms with Gasteiger partial charge in [-0.25, -0.2) is 13.4 Å². The largest absolute Gasteiger partial charge is 0.348 e. The maximum atomic E-state index is 13.1. The van der Waals surface area contributed by atoms with Crippen LogP contribution in [0.1, 0.15) is 46.3 Å². The molecule has 0 aliphatic carbocycles. The molecule has 0 saturated carbocycles. The minimum atomic E-state index is -3.61. The van der Waals surface area contributed by atoms with Crippen LogP contribution in [0.3, 0.4) is 0 Å². The van der Waals surface area contributed by atoms with Crippen LogP contribution in [0.5, 0.6) is 0 Å². The van der Waals surface area contributed by atoms with Crippen molar-refractivity contribution in [3.8, 4) is 0 Å². The molecule has 32 heavy (non-hydrogen) atoms. The second kappa shape index (κ2) is 9.67. The molecular formula is C24H28N4O3S. The fraction of sp³-hybridized carbons (Fsp3) is 0.333. The molecule has 1 saturated heterocycles. The van der Waals surface area contributed by atoms with Crippen molar-refractivity contribution in [2.24, 2.45) is 0 Å². The number of piperidine rings is 1. The van der Waals surface area contributed by atoms with E-state index in [-0.39, 0.29) is 10.8 Å². The number of carbonyl (C=O) groups excluding carboxylic acids is 1. The van der Waals surface area contributed by atoms with Gasteiger partial charge in [0.2, 0.25) is 10.0 Å². The molecule has 1 aromatic heterocycles. The molecule has 1 aliphatic heterocycles. The van der Waals surface area contributed by atoms with Crippen molar-refractivity contribution < 1.29 is 13.2 Å². The van der Waals surface area contributed by atoms with Crippen LogP contribution in [0.4, 0.5) is 0 Å². The molecule has 0 radical (unpaired) electrons. The Morgan fingerprint density at radius 2 is 1.81 bits per heavy atom. The summed E-state index contributed by atoms with van der Waals surface area (Å²) < 4.78 is 29.8. The summed E-state index contributed by atoms with van der Waals surface area (Å²) in [7, 11) is -3.61. The minimum absolute atomic E-state index is 0.215. The Labute approximate surface area is 189 Å². The first kappa shape index (κ1) is 22.2. The van der Waals surface area contributed by atoms with E-state index in [0.29, 0.717) is 37.3 Å². The van der Waals surface area contributed by atoms with Crippen LogP contribution >= 0.6 is 0 Å².